The van der Waals surface area contributed by atoms with E-state index in [-0.39, 0.29) is 0 Å². The highest BCUT2D eigenvalue weighted by Gasteiger charge is 2.19. The number of hydrogen-bond donors (Lipinski definition) is 0. The maximum Gasteiger partial charge on any atom is 0.360 e. The second kappa shape index (κ2) is 9.44. The minimum Gasteiger partial charge on any atom is -0.464 e. The van der Waals surface area contributed by atoms with E-state index in [0.29, 0.717) is 32.1 Å². The van der Waals surface area contributed by atoms with Crippen LogP contribution >= 0.6 is 0 Å². The average Bonchev–Trinajstić information content (AvgIpc) is 2.85. The Morgan fingerprint density at radius 2 is 2.05 bits per heavy atom. The van der Waals surface area contributed by atoms with E-state index in [4.69, 9.17) is 14.2 Å². The summed E-state index contributed by atoms with van der Waals surface area (Å²) in [4.78, 5) is 11.6. The number of aromatic nitrogens is 3. The lowest BCUT2D eigenvalue weighted by atomic mass is 10.2. The summed E-state index contributed by atoms with van der Waals surface area (Å²) in [6.45, 7) is 4.53. The number of carbonyl (C=O) groups excluding carboxylic acids is 1. The molecule has 114 valence electrons. The Kier molecular flexibility index (Phi) is 7.82. The van der Waals surface area contributed by atoms with E-state index in [9.17, 15) is 4.79 Å². The lowest BCUT2D eigenvalue weighted by Crippen LogP contribution is -2.11. The molecule has 1 heterocycles. The molecule has 0 aliphatic carbocycles. The van der Waals surface area contributed by atoms with Gasteiger partial charge < -0.3 is 14.2 Å². The Balaban J connectivity index is 2.52. The van der Waals surface area contributed by atoms with Gasteiger partial charge in [0, 0.05) is 20.3 Å². The third-order valence-corrected chi connectivity index (χ3v) is 2.79. The van der Waals surface area contributed by atoms with Crippen molar-refractivity contribution in [3.05, 3.63) is 11.4 Å². The molecule has 7 nitrogen and oxygen atoms in total. The van der Waals surface area contributed by atoms with Crippen molar-refractivity contribution in [3.8, 4) is 0 Å². The van der Waals surface area contributed by atoms with Crippen LogP contribution in [0.3, 0.4) is 0 Å². The molecule has 0 spiro atoms. The Hall–Kier alpha value is -1.47. The molecule has 0 aliphatic heterocycles. The number of aryl methyl sites for hydroxylation is 1. The van der Waals surface area contributed by atoms with Crippen molar-refractivity contribution in [1.29, 1.82) is 0 Å². The number of ether oxygens (including phenoxy) is 3. The third kappa shape index (κ3) is 4.90. The molecule has 20 heavy (non-hydrogen) atoms. The molecule has 1 aromatic rings. The molecule has 0 atom stereocenters. The number of carbonyl (C=O) groups is 1. The number of rotatable bonds is 10. The van der Waals surface area contributed by atoms with Crippen LogP contribution in [0.4, 0.5) is 0 Å². The van der Waals surface area contributed by atoms with Gasteiger partial charge in [0.2, 0.25) is 0 Å². The fourth-order valence-corrected chi connectivity index (χ4v) is 1.81. The van der Waals surface area contributed by atoms with Crippen molar-refractivity contribution >= 4 is 5.97 Å². The van der Waals surface area contributed by atoms with Crippen LogP contribution in [0.15, 0.2) is 0 Å². The van der Waals surface area contributed by atoms with Crippen LogP contribution in [0.25, 0.3) is 0 Å². The topological polar surface area (TPSA) is 75.5 Å². The monoisotopic (exact) mass is 285 g/mol. The second-order valence-corrected chi connectivity index (χ2v) is 4.31. The molecule has 1 rings (SSSR count). The molecule has 0 fully saturated rings. The Bertz CT molecular complexity index is 406. The first kappa shape index (κ1) is 16.6. The van der Waals surface area contributed by atoms with Gasteiger partial charge in [0.1, 0.15) is 0 Å². The van der Waals surface area contributed by atoms with Gasteiger partial charge in [-0.2, -0.15) is 0 Å². The molecule has 0 amide bonds. The first-order valence-corrected chi connectivity index (χ1v) is 6.81. The van der Waals surface area contributed by atoms with Crippen LogP contribution in [-0.4, -0.2) is 55.0 Å². The molecule has 0 bridgehead atoms. The molecule has 0 saturated heterocycles. The van der Waals surface area contributed by atoms with Crippen LogP contribution in [-0.2, 0) is 27.2 Å². The SMILES string of the molecule is CCCc1c(C(=O)OC)nnn1CCCOCCOC. The summed E-state index contributed by atoms with van der Waals surface area (Å²) in [6, 6.07) is 0. The highest BCUT2D eigenvalue weighted by molar-refractivity contribution is 5.88. The zero-order valence-corrected chi connectivity index (χ0v) is 12.4. The predicted molar refractivity (Wildman–Crippen MR) is 72.7 cm³/mol. The zero-order valence-electron chi connectivity index (χ0n) is 12.4. The van der Waals surface area contributed by atoms with Gasteiger partial charge in [0.25, 0.3) is 0 Å². The second-order valence-electron chi connectivity index (χ2n) is 4.31. The summed E-state index contributed by atoms with van der Waals surface area (Å²) < 4.78 is 16.8. The molecule has 7 heteroatoms. The summed E-state index contributed by atoms with van der Waals surface area (Å²) >= 11 is 0. The first-order chi connectivity index (χ1) is 9.74. The largest absolute Gasteiger partial charge is 0.464 e. The summed E-state index contributed by atoms with van der Waals surface area (Å²) in [5.41, 5.74) is 1.14. The molecule has 0 aromatic carbocycles. The molecular weight excluding hydrogens is 262 g/mol. The van der Waals surface area contributed by atoms with Crippen LogP contribution in [0.5, 0.6) is 0 Å². The van der Waals surface area contributed by atoms with Gasteiger partial charge in [-0.1, -0.05) is 18.6 Å². The summed E-state index contributed by atoms with van der Waals surface area (Å²) in [7, 11) is 2.99. The molecule has 0 N–H and O–H groups in total. The molecule has 0 unspecified atom stereocenters. The summed E-state index contributed by atoms with van der Waals surface area (Å²) in [5, 5.41) is 7.93. The maximum absolute atomic E-state index is 11.6. The zero-order chi connectivity index (χ0) is 14.8. The Morgan fingerprint density at radius 3 is 2.70 bits per heavy atom. The highest BCUT2D eigenvalue weighted by atomic mass is 16.5. The van der Waals surface area contributed by atoms with E-state index >= 15 is 0 Å². The molecule has 0 aliphatic rings. The minimum atomic E-state index is -0.434. The van der Waals surface area contributed by atoms with E-state index in [2.05, 4.69) is 10.3 Å². The number of hydrogen-bond acceptors (Lipinski definition) is 6. The van der Waals surface area contributed by atoms with Crippen molar-refractivity contribution < 1.29 is 19.0 Å². The normalized spacial score (nSPS) is 10.8. The molecule has 0 radical (unpaired) electrons. The molecule has 1 aromatic heterocycles. The van der Waals surface area contributed by atoms with Gasteiger partial charge >= 0.3 is 5.97 Å². The van der Waals surface area contributed by atoms with Gasteiger partial charge in [-0.3, -0.25) is 0 Å². The Morgan fingerprint density at radius 1 is 1.25 bits per heavy atom. The standard InChI is InChI=1S/C13H23N3O4/c1-4-6-11-12(13(17)19-3)14-15-16(11)7-5-8-20-10-9-18-2/h4-10H2,1-3H3. The van der Waals surface area contributed by atoms with Crippen LogP contribution in [0.2, 0.25) is 0 Å². The van der Waals surface area contributed by atoms with E-state index in [1.807, 2.05) is 6.92 Å². The Labute approximate surface area is 119 Å². The van der Waals surface area contributed by atoms with Gasteiger partial charge in [-0.15, -0.1) is 5.10 Å². The van der Waals surface area contributed by atoms with Crippen LogP contribution in [0.1, 0.15) is 35.9 Å². The first-order valence-electron chi connectivity index (χ1n) is 6.81. The van der Waals surface area contributed by atoms with E-state index in [1.54, 1.807) is 11.8 Å². The fourth-order valence-electron chi connectivity index (χ4n) is 1.81. The third-order valence-electron chi connectivity index (χ3n) is 2.79. The number of esters is 1. The summed E-state index contributed by atoms with van der Waals surface area (Å²) in [6.07, 6.45) is 2.48. The van der Waals surface area contributed by atoms with Crippen molar-refractivity contribution in [1.82, 2.24) is 15.0 Å². The van der Waals surface area contributed by atoms with Crippen molar-refractivity contribution in [2.75, 3.05) is 34.0 Å². The lowest BCUT2D eigenvalue weighted by Gasteiger charge is -2.07. The molecule has 0 saturated carbocycles. The van der Waals surface area contributed by atoms with Gasteiger partial charge in [-0.05, 0) is 12.8 Å². The van der Waals surface area contributed by atoms with E-state index < -0.39 is 5.97 Å². The van der Waals surface area contributed by atoms with Crippen LogP contribution < -0.4 is 0 Å². The lowest BCUT2D eigenvalue weighted by molar-refractivity contribution is 0.0592. The highest BCUT2D eigenvalue weighted by Crippen LogP contribution is 2.10. The van der Waals surface area contributed by atoms with E-state index in [1.165, 1.54) is 7.11 Å². The fraction of sp³-hybridized carbons (Fsp3) is 0.769. The average molecular weight is 285 g/mol. The summed E-state index contributed by atoms with van der Waals surface area (Å²) in [5.74, 6) is -0.434. The van der Waals surface area contributed by atoms with Gasteiger partial charge in [0.15, 0.2) is 5.69 Å². The smallest absolute Gasteiger partial charge is 0.360 e. The number of methoxy groups -OCH3 is 2. The predicted octanol–water partition coefficient (Wildman–Crippen LogP) is 1.07. The number of nitrogens with zero attached hydrogens (tertiary/aromatic N) is 3. The van der Waals surface area contributed by atoms with E-state index in [0.717, 1.165) is 25.0 Å². The van der Waals surface area contributed by atoms with Crippen molar-refractivity contribution in [2.24, 2.45) is 0 Å². The minimum absolute atomic E-state index is 0.314. The van der Waals surface area contributed by atoms with Crippen molar-refractivity contribution in [3.63, 3.8) is 0 Å². The van der Waals surface area contributed by atoms with Crippen LogP contribution in [0, 0.1) is 0 Å². The molecular formula is C13H23N3O4. The maximum atomic E-state index is 11.6. The quantitative estimate of drug-likeness (QED) is 0.473. The van der Waals surface area contributed by atoms with Gasteiger partial charge in [-0.25, -0.2) is 9.48 Å². The van der Waals surface area contributed by atoms with Crippen molar-refractivity contribution in [2.45, 2.75) is 32.7 Å². The van der Waals surface area contributed by atoms with Gasteiger partial charge in [0.05, 0.1) is 26.0 Å².